The van der Waals surface area contributed by atoms with Crippen molar-refractivity contribution in [2.45, 2.75) is 6.92 Å². The summed E-state index contributed by atoms with van der Waals surface area (Å²) >= 11 is 4.84. The Hall–Kier alpha value is -2.08. The zero-order valence-electron chi connectivity index (χ0n) is 10.1. The molecule has 0 saturated heterocycles. The molecule has 0 atom stereocenters. The van der Waals surface area contributed by atoms with Gasteiger partial charge in [0.05, 0.1) is 5.69 Å². The van der Waals surface area contributed by atoms with E-state index in [1.807, 2.05) is 0 Å². The first-order chi connectivity index (χ1) is 8.97. The highest BCUT2D eigenvalue weighted by molar-refractivity contribution is 7.80. The molecule has 1 aromatic heterocycles. The van der Waals surface area contributed by atoms with Crippen molar-refractivity contribution in [1.82, 2.24) is 4.98 Å². The number of anilines is 2. The molecule has 2 rings (SSSR count). The van der Waals surface area contributed by atoms with Crippen molar-refractivity contribution in [3.8, 4) is 0 Å². The van der Waals surface area contributed by atoms with E-state index in [1.165, 1.54) is 13.1 Å². The standard InChI is InChI=1S/C13H11F2N3S/c1-7-4-10(15)11(6-9(7)14)18-12-5-8(13(16)19)2-3-17-12/h2-6H,1H3,(H2,16,19)(H,17,18). The summed E-state index contributed by atoms with van der Waals surface area (Å²) in [4.78, 5) is 4.20. The molecule has 98 valence electrons. The first kappa shape index (κ1) is 13.4. The molecule has 0 aliphatic heterocycles. The second-order valence-electron chi connectivity index (χ2n) is 4.00. The summed E-state index contributed by atoms with van der Waals surface area (Å²) in [5, 5.41) is 2.69. The van der Waals surface area contributed by atoms with Crippen LogP contribution in [0.5, 0.6) is 0 Å². The van der Waals surface area contributed by atoms with Gasteiger partial charge in [0.15, 0.2) is 0 Å². The highest BCUT2D eigenvalue weighted by Crippen LogP contribution is 2.22. The molecule has 0 bridgehead atoms. The zero-order chi connectivity index (χ0) is 14.0. The summed E-state index contributed by atoms with van der Waals surface area (Å²) in [6, 6.07) is 5.41. The van der Waals surface area contributed by atoms with E-state index < -0.39 is 11.6 Å². The fourth-order valence-corrected chi connectivity index (χ4v) is 1.66. The van der Waals surface area contributed by atoms with Crippen LogP contribution in [0.3, 0.4) is 0 Å². The Bertz CT molecular complexity index is 644. The van der Waals surface area contributed by atoms with Gasteiger partial charge in [0, 0.05) is 17.8 Å². The molecule has 1 heterocycles. The molecular formula is C13H11F2N3S. The number of nitrogens with two attached hydrogens (primary N) is 1. The molecule has 0 fully saturated rings. The average Bonchev–Trinajstić information content (AvgIpc) is 2.36. The third kappa shape index (κ3) is 3.03. The Kier molecular flexibility index (Phi) is 3.71. The monoisotopic (exact) mass is 279 g/mol. The molecular weight excluding hydrogens is 268 g/mol. The lowest BCUT2D eigenvalue weighted by Crippen LogP contribution is -2.10. The third-order valence-corrected chi connectivity index (χ3v) is 2.79. The van der Waals surface area contributed by atoms with Crippen LogP contribution >= 0.6 is 12.2 Å². The van der Waals surface area contributed by atoms with Gasteiger partial charge in [-0.1, -0.05) is 12.2 Å². The minimum Gasteiger partial charge on any atom is -0.389 e. The smallest absolute Gasteiger partial charge is 0.147 e. The summed E-state index contributed by atoms with van der Waals surface area (Å²) in [5.41, 5.74) is 6.34. The SMILES string of the molecule is Cc1cc(F)c(Nc2cc(C(N)=S)ccn2)cc1F. The van der Waals surface area contributed by atoms with Gasteiger partial charge in [-0.25, -0.2) is 13.8 Å². The molecule has 0 unspecified atom stereocenters. The summed E-state index contributed by atoms with van der Waals surface area (Å²) in [5.74, 6) is -0.705. The largest absolute Gasteiger partial charge is 0.389 e. The Balaban J connectivity index is 2.33. The second-order valence-corrected chi connectivity index (χ2v) is 4.44. The fraction of sp³-hybridized carbons (Fsp3) is 0.0769. The van der Waals surface area contributed by atoms with Crippen molar-refractivity contribution in [2.24, 2.45) is 5.73 Å². The van der Waals surface area contributed by atoms with Crippen LogP contribution in [-0.2, 0) is 0 Å². The van der Waals surface area contributed by atoms with Crippen LogP contribution in [0, 0.1) is 18.6 Å². The van der Waals surface area contributed by atoms with E-state index in [-0.39, 0.29) is 16.2 Å². The number of aryl methyl sites for hydroxylation is 1. The van der Waals surface area contributed by atoms with Crippen molar-refractivity contribution < 1.29 is 8.78 Å². The fourth-order valence-electron chi connectivity index (χ4n) is 1.53. The number of thiocarbonyl (C=S) groups is 1. The van der Waals surface area contributed by atoms with Crippen molar-refractivity contribution >= 4 is 28.7 Å². The van der Waals surface area contributed by atoms with Gasteiger partial charge in [-0.05, 0) is 30.7 Å². The van der Waals surface area contributed by atoms with Crippen molar-refractivity contribution in [2.75, 3.05) is 5.32 Å². The first-order valence-corrected chi connectivity index (χ1v) is 5.86. The van der Waals surface area contributed by atoms with Gasteiger partial charge >= 0.3 is 0 Å². The molecule has 0 aliphatic rings. The predicted molar refractivity (Wildman–Crippen MR) is 74.5 cm³/mol. The number of aromatic nitrogens is 1. The molecule has 3 N–H and O–H groups in total. The van der Waals surface area contributed by atoms with E-state index in [0.29, 0.717) is 11.4 Å². The topological polar surface area (TPSA) is 50.9 Å². The van der Waals surface area contributed by atoms with Crippen LogP contribution in [0.15, 0.2) is 30.5 Å². The summed E-state index contributed by atoms with van der Waals surface area (Å²) < 4.78 is 27.1. The lowest BCUT2D eigenvalue weighted by atomic mass is 10.2. The lowest BCUT2D eigenvalue weighted by molar-refractivity contribution is 0.595. The maximum atomic E-state index is 13.7. The van der Waals surface area contributed by atoms with E-state index in [2.05, 4.69) is 10.3 Å². The quantitative estimate of drug-likeness (QED) is 0.848. The molecule has 6 heteroatoms. The maximum Gasteiger partial charge on any atom is 0.147 e. The van der Waals surface area contributed by atoms with Crippen molar-refractivity contribution in [3.63, 3.8) is 0 Å². The Labute approximate surface area is 114 Å². The molecule has 0 saturated carbocycles. The number of nitrogens with zero attached hydrogens (tertiary/aromatic N) is 1. The molecule has 3 nitrogen and oxygen atoms in total. The minimum absolute atomic E-state index is 0.00990. The van der Waals surface area contributed by atoms with Gasteiger partial charge in [0.25, 0.3) is 0 Å². The number of rotatable bonds is 3. The van der Waals surface area contributed by atoms with E-state index in [9.17, 15) is 8.78 Å². The molecule has 1 aromatic carbocycles. The number of hydrogen-bond donors (Lipinski definition) is 2. The number of benzene rings is 1. The van der Waals surface area contributed by atoms with Crippen LogP contribution in [-0.4, -0.2) is 9.97 Å². The normalized spacial score (nSPS) is 10.3. The van der Waals surface area contributed by atoms with Crippen LogP contribution in [0.4, 0.5) is 20.3 Å². The highest BCUT2D eigenvalue weighted by Gasteiger charge is 2.08. The van der Waals surface area contributed by atoms with E-state index in [0.717, 1.165) is 12.1 Å². The highest BCUT2D eigenvalue weighted by atomic mass is 32.1. The Morgan fingerprint density at radius 2 is 2.00 bits per heavy atom. The predicted octanol–water partition coefficient (Wildman–Crippen LogP) is 3.05. The second kappa shape index (κ2) is 5.27. The van der Waals surface area contributed by atoms with Crippen LogP contribution in [0.2, 0.25) is 0 Å². The molecule has 2 aromatic rings. The van der Waals surface area contributed by atoms with Gasteiger partial charge < -0.3 is 11.1 Å². The molecule has 0 spiro atoms. The first-order valence-electron chi connectivity index (χ1n) is 5.46. The molecule has 19 heavy (non-hydrogen) atoms. The van der Waals surface area contributed by atoms with Crippen LogP contribution in [0.1, 0.15) is 11.1 Å². The van der Waals surface area contributed by atoms with Crippen LogP contribution in [0.25, 0.3) is 0 Å². The van der Waals surface area contributed by atoms with Gasteiger partial charge in [-0.3, -0.25) is 0 Å². The van der Waals surface area contributed by atoms with Gasteiger partial charge in [-0.2, -0.15) is 0 Å². The van der Waals surface area contributed by atoms with E-state index >= 15 is 0 Å². The average molecular weight is 279 g/mol. The van der Waals surface area contributed by atoms with E-state index in [1.54, 1.807) is 12.1 Å². The van der Waals surface area contributed by atoms with Gasteiger partial charge in [0.2, 0.25) is 0 Å². The van der Waals surface area contributed by atoms with E-state index in [4.69, 9.17) is 18.0 Å². The van der Waals surface area contributed by atoms with Crippen molar-refractivity contribution in [1.29, 1.82) is 0 Å². The number of halogens is 2. The summed E-state index contributed by atoms with van der Waals surface area (Å²) in [7, 11) is 0. The Morgan fingerprint density at radius 3 is 2.68 bits per heavy atom. The molecule has 0 radical (unpaired) electrons. The molecule has 0 aliphatic carbocycles. The van der Waals surface area contributed by atoms with Crippen molar-refractivity contribution in [3.05, 3.63) is 53.2 Å². The Morgan fingerprint density at radius 1 is 1.26 bits per heavy atom. The summed E-state index contributed by atoms with van der Waals surface area (Å²) in [6.07, 6.45) is 1.49. The maximum absolute atomic E-state index is 13.7. The van der Waals surface area contributed by atoms with Gasteiger partial charge in [-0.15, -0.1) is 0 Å². The molecule has 0 amide bonds. The van der Waals surface area contributed by atoms with Gasteiger partial charge in [0.1, 0.15) is 22.4 Å². The summed E-state index contributed by atoms with van der Waals surface area (Å²) in [6.45, 7) is 1.49. The number of nitrogens with one attached hydrogen (secondary N) is 1. The number of hydrogen-bond acceptors (Lipinski definition) is 3. The third-order valence-electron chi connectivity index (χ3n) is 2.56. The zero-order valence-corrected chi connectivity index (χ0v) is 10.9. The number of pyridine rings is 1. The van der Waals surface area contributed by atoms with Crippen LogP contribution < -0.4 is 11.1 Å². The lowest BCUT2D eigenvalue weighted by Gasteiger charge is -2.09. The minimum atomic E-state index is -0.554.